The largest absolute Gasteiger partial charge is 0.481 e. The Morgan fingerprint density at radius 3 is 1.35 bits per heavy atom. The number of carboxylic acid groups (broad SMARTS) is 2. The number of hydrogen-bond donors (Lipinski definition) is 2. The van der Waals surface area contributed by atoms with E-state index in [1.807, 2.05) is 27.7 Å². The van der Waals surface area contributed by atoms with Gasteiger partial charge in [-0.2, -0.15) is 0 Å². The number of aliphatic carboxylic acids is 2. The Bertz CT molecular complexity index is 488. The standard InChI is InChI=1S/2C10H16O3/c2*1-3-7-6(2)8(10(12)13)4-5-9(7)11/h2*6-8H,3-5H2,1-2H3,(H,12,13)/t2*6-,7+,8+/m10/s1. The summed E-state index contributed by atoms with van der Waals surface area (Å²) in [7, 11) is 0. The fraction of sp³-hybridized carbons (Fsp3) is 0.800. The third-order valence-corrected chi connectivity index (χ3v) is 6.28. The van der Waals surface area contributed by atoms with E-state index in [0.29, 0.717) is 25.7 Å². The van der Waals surface area contributed by atoms with Crippen LogP contribution in [0, 0.1) is 35.5 Å². The molecule has 0 aliphatic heterocycles. The first kappa shape index (κ1) is 22.3. The summed E-state index contributed by atoms with van der Waals surface area (Å²) in [5.74, 6) is -1.71. The fourth-order valence-electron chi connectivity index (χ4n) is 4.54. The average Bonchev–Trinajstić information content (AvgIpc) is 2.55. The van der Waals surface area contributed by atoms with Gasteiger partial charge in [-0.15, -0.1) is 0 Å². The lowest BCUT2D eigenvalue weighted by Gasteiger charge is -2.31. The van der Waals surface area contributed by atoms with Gasteiger partial charge in [-0.05, 0) is 37.5 Å². The molecule has 0 bridgehead atoms. The summed E-state index contributed by atoms with van der Waals surface area (Å²) in [5, 5.41) is 17.8. The zero-order valence-electron chi connectivity index (χ0n) is 16.2. The number of carbonyl (C=O) groups excluding carboxylic acids is 2. The van der Waals surface area contributed by atoms with Gasteiger partial charge in [0.05, 0.1) is 11.8 Å². The summed E-state index contributed by atoms with van der Waals surface area (Å²) in [6.45, 7) is 7.65. The van der Waals surface area contributed by atoms with Crippen molar-refractivity contribution in [2.24, 2.45) is 35.5 Å². The highest BCUT2D eigenvalue weighted by Gasteiger charge is 2.38. The Labute approximate surface area is 155 Å². The average molecular weight is 368 g/mol. The molecular formula is C20H32O6. The smallest absolute Gasteiger partial charge is 0.306 e. The summed E-state index contributed by atoms with van der Waals surface area (Å²) in [6.07, 6.45) is 3.46. The number of hydrogen-bond acceptors (Lipinski definition) is 4. The maximum Gasteiger partial charge on any atom is 0.306 e. The Morgan fingerprint density at radius 2 is 1.12 bits per heavy atom. The zero-order chi connectivity index (χ0) is 20.0. The predicted octanol–water partition coefficient (Wildman–Crippen LogP) is 3.42. The molecule has 6 nitrogen and oxygen atoms in total. The first-order chi connectivity index (χ1) is 12.1. The van der Waals surface area contributed by atoms with Crippen molar-refractivity contribution in [1.82, 2.24) is 0 Å². The minimum Gasteiger partial charge on any atom is -0.481 e. The molecule has 2 rings (SSSR count). The van der Waals surface area contributed by atoms with Gasteiger partial charge < -0.3 is 10.2 Å². The summed E-state index contributed by atoms with van der Waals surface area (Å²) >= 11 is 0. The first-order valence-electron chi connectivity index (χ1n) is 9.66. The van der Waals surface area contributed by atoms with E-state index in [2.05, 4.69) is 0 Å². The predicted molar refractivity (Wildman–Crippen MR) is 96.6 cm³/mol. The normalized spacial score (nSPS) is 34.6. The van der Waals surface area contributed by atoms with E-state index in [9.17, 15) is 19.2 Å². The summed E-state index contributed by atoms with van der Waals surface area (Å²) in [5.41, 5.74) is 0. The molecule has 26 heavy (non-hydrogen) atoms. The van der Waals surface area contributed by atoms with Gasteiger partial charge in [-0.3, -0.25) is 19.2 Å². The van der Waals surface area contributed by atoms with Crippen LogP contribution in [0.2, 0.25) is 0 Å². The van der Waals surface area contributed by atoms with Crippen molar-refractivity contribution in [3.05, 3.63) is 0 Å². The highest BCUT2D eigenvalue weighted by Crippen LogP contribution is 2.35. The molecule has 0 unspecified atom stereocenters. The number of ketones is 2. The van der Waals surface area contributed by atoms with E-state index in [4.69, 9.17) is 10.2 Å². The van der Waals surface area contributed by atoms with E-state index in [-0.39, 0.29) is 47.1 Å². The maximum absolute atomic E-state index is 11.4. The van der Waals surface area contributed by atoms with Crippen LogP contribution in [-0.4, -0.2) is 33.7 Å². The van der Waals surface area contributed by atoms with Crippen molar-refractivity contribution >= 4 is 23.5 Å². The van der Waals surface area contributed by atoms with Gasteiger partial charge in [-0.1, -0.05) is 27.7 Å². The molecule has 6 atom stereocenters. The topological polar surface area (TPSA) is 109 Å². The molecule has 0 aromatic heterocycles. The summed E-state index contributed by atoms with van der Waals surface area (Å²) < 4.78 is 0. The van der Waals surface area contributed by atoms with E-state index in [0.717, 1.165) is 12.8 Å². The molecule has 0 amide bonds. The molecule has 2 N–H and O–H groups in total. The van der Waals surface area contributed by atoms with Crippen molar-refractivity contribution in [1.29, 1.82) is 0 Å². The van der Waals surface area contributed by atoms with Crippen LogP contribution in [0.15, 0.2) is 0 Å². The van der Waals surface area contributed by atoms with Gasteiger partial charge in [0.25, 0.3) is 0 Å². The molecule has 0 aromatic rings. The van der Waals surface area contributed by atoms with Gasteiger partial charge in [0, 0.05) is 24.7 Å². The molecule has 0 saturated heterocycles. The second kappa shape index (κ2) is 9.83. The minimum atomic E-state index is -0.751. The summed E-state index contributed by atoms with van der Waals surface area (Å²) in [4.78, 5) is 44.5. The first-order valence-corrected chi connectivity index (χ1v) is 9.66. The van der Waals surface area contributed by atoms with E-state index < -0.39 is 11.9 Å². The molecule has 2 fully saturated rings. The van der Waals surface area contributed by atoms with Crippen LogP contribution in [0.5, 0.6) is 0 Å². The van der Waals surface area contributed by atoms with Crippen molar-refractivity contribution in [2.75, 3.05) is 0 Å². The van der Waals surface area contributed by atoms with Crippen molar-refractivity contribution < 1.29 is 29.4 Å². The molecule has 0 aromatic carbocycles. The van der Waals surface area contributed by atoms with E-state index >= 15 is 0 Å². The number of rotatable bonds is 4. The van der Waals surface area contributed by atoms with Crippen molar-refractivity contribution in [3.8, 4) is 0 Å². The van der Waals surface area contributed by atoms with Gasteiger partial charge >= 0.3 is 11.9 Å². The van der Waals surface area contributed by atoms with Crippen LogP contribution in [0.25, 0.3) is 0 Å². The van der Waals surface area contributed by atoms with Crippen LogP contribution >= 0.6 is 0 Å². The molecule has 0 radical (unpaired) electrons. The number of Topliss-reactive ketones (excluding diaryl/α,β-unsaturated/α-hetero) is 2. The Kier molecular flexibility index (Phi) is 8.44. The molecule has 2 aliphatic carbocycles. The zero-order valence-corrected chi connectivity index (χ0v) is 16.2. The third kappa shape index (κ3) is 5.15. The monoisotopic (exact) mass is 368 g/mol. The SMILES string of the molecule is CC[C@@H]1C(=O)CC[C@H](C(=O)O)[C@@H]1C.CC[C@H]1C(=O)CC[C@@H](C(=O)O)[C@H]1C. The lowest BCUT2D eigenvalue weighted by molar-refractivity contribution is -0.149. The number of carboxylic acids is 2. The molecule has 2 aliphatic rings. The molecular weight excluding hydrogens is 336 g/mol. The second-order valence-electron chi connectivity index (χ2n) is 7.65. The maximum atomic E-state index is 11.4. The molecule has 0 heterocycles. The van der Waals surface area contributed by atoms with Crippen LogP contribution in [0.3, 0.4) is 0 Å². The Morgan fingerprint density at radius 1 is 0.808 bits per heavy atom. The summed E-state index contributed by atoms with van der Waals surface area (Å²) in [6, 6.07) is 0. The molecule has 148 valence electrons. The van der Waals surface area contributed by atoms with Crippen molar-refractivity contribution in [3.63, 3.8) is 0 Å². The van der Waals surface area contributed by atoms with Gasteiger partial charge in [0.1, 0.15) is 11.6 Å². The lowest BCUT2D eigenvalue weighted by atomic mass is 9.71. The fourth-order valence-corrected chi connectivity index (χ4v) is 4.54. The van der Waals surface area contributed by atoms with Crippen LogP contribution in [0.1, 0.15) is 66.2 Å². The molecule has 0 spiro atoms. The quantitative estimate of drug-likeness (QED) is 0.787. The van der Waals surface area contributed by atoms with Crippen molar-refractivity contribution in [2.45, 2.75) is 66.2 Å². The number of carbonyl (C=O) groups is 4. The van der Waals surface area contributed by atoms with E-state index in [1.54, 1.807) is 0 Å². The molecule has 2 saturated carbocycles. The highest BCUT2D eigenvalue weighted by atomic mass is 16.4. The second-order valence-corrected chi connectivity index (χ2v) is 7.65. The lowest BCUT2D eigenvalue weighted by Crippen LogP contribution is -2.36. The third-order valence-electron chi connectivity index (χ3n) is 6.28. The van der Waals surface area contributed by atoms with Crippen LogP contribution < -0.4 is 0 Å². The molecule has 6 heteroatoms. The van der Waals surface area contributed by atoms with Gasteiger partial charge in [0.2, 0.25) is 0 Å². The Hall–Kier alpha value is -1.72. The van der Waals surface area contributed by atoms with E-state index in [1.165, 1.54) is 0 Å². The van der Waals surface area contributed by atoms with Gasteiger partial charge in [0.15, 0.2) is 0 Å². The minimum absolute atomic E-state index is 0.00347. The highest BCUT2D eigenvalue weighted by molar-refractivity contribution is 5.85. The van der Waals surface area contributed by atoms with Gasteiger partial charge in [-0.25, -0.2) is 0 Å². The van der Waals surface area contributed by atoms with Crippen LogP contribution in [0.4, 0.5) is 0 Å². The Balaban J connectivity index is 0.000000260. The van der Waals surface area contributed by atoms with Crippen LogP contribution in [-0.2, 0) is 19.2 Å².